The molecular formula is C11H14N2O. The van der Waals surface area contributed by atoms with Gasteiger partial charge in [0.25, 0.3) is 0 Å². The molecule has 1 aliphatic rings. The zero-order chi connectivity index (χ0) is 10.1. The molecular weight excluding hydrogens is 176 g/mol. The summed E-state index contributed by atoms with van der Waals surface area (Å²) in [6.45, 7) is 3.55. The Hall–Kier alpha value is -1.38. The van der Waals surface area contributed by atoms with Crippen LogP contribution in [0.4, 0.5) is 5.69 Å². The van der Waals surface area contributed by atoms with E-state index < -0.39 is 0 Å². The van der Waals surface area contributed by atoms with Crippen LogP contribution in [-0.2, 0) is 4.79 Å². The zero-order valence-electron chi connectivity index (χ0n) is 8.50. The summed E-state index contributed by atoms with van der Waals surface area (Å²) >= 11 is 0. The molecule has 1 N–H and O–H groups in total. The van der Waals surface area contributed by atoms with E-state index in [1.807, 2.05) is 13.0 Å². The minimum atomic E-state index is -0.0506. The highest BCUT2D eigenvalue weighted by molar-refractivity contribution is 5.88. The second-order valence-electron chi connectivity index (χ2n) is 3.88. The Morgan fingerprint density at radius 3 is 2.79 bits per heavy atom. The standard InChI is InChI=1S/C11H14N2O/c1-7-5-10(13-8(2)14)6-12-11(7)9-3-4-9/h5-6,9H,3-4H2,1-2H3,(H,13,14). The maximum Gasteiger partial charge on any atom is 0.221 e. The highest BCUT2D eigenvalue weighted by Crippen LogP contribution is 2.40. The van der Waals surface area contributed by atoms with Crippen molar-refractivity contribution >= 4 is 11.6 Å². The van der Waals surface area contributed by atoms with E-state index in [2.05, 4.69) is 10.3 Å². The number of aryl methyl sites for hydroxylation is 1. The van der Waals surface area contributed by atoms with Gasteiger partial charge >= 0.3 is 0 Å². The van der Waals surface area contributed by atoms with Crippen molar-refractivity contribution in [2.75, 3.05) is 5.32 Å². The van der Waals surface area contributed by atoms with E-state index in [9.17, 15) is 4.79 Å². The van der Waals surface area contributed by atoms with Gasteiger partial charge in [-0.3, -0.25) is 9.78 Å². The van der Waals surface area contributed by atoms with Gasteiger partial charge in [0.05, 0.1) is 11.9 Å². The lowest BCUT2D eigenvalue weighted by Crippen LogP contribution is -2.06. The van der Waals surface area contributed by atoms with E-state index in [4.69, 9.17) is 0 Å². The number of nitrogens with one attached hydrogen (secondary N) is 1. The van der Waals surface area contributed by atoms with Crippen LogP contribution in [0.5, 0.6) is 0 Å². The quantitative estimate of drug-likeness (QED) is 0.777. The Labute approximate surface area is 83.5 Å². The van der Waals surface area contributed by atoms with Crippen molar-refractivity contribution in [2.24, 2.45) is 0 Å². The molecule has 1 aliphatic carbocycles. The topological polar surface area (TPSA) is 42.0 Å². The van der Waals surface area contributed by atoms with Crippen LogP contribution in [0.25, 0.3) is 0 Å². The summed E-state index contributed by atoms with van der Waals surface area (Å²) in [6, 6.07) is 1.99. The largest absolute Gasteiger partial charge is 0.325 e. The molecule has 1 saturated carbocycles. The second kappa shape index (κ2) is 3.40. The van der Waals surface area contributed by atoms with Gasteiger partial charge in [0.2, 0.25) is 5.91 Å². The van der Waals surface area contributed by atoms with E-state index >= 15 is 0 Å². The molecule has 1 amide bonds. The first-order valence-electron chi connectivity index (χ1n) is 4.91. The fourth-order valence-electron chi connectivity index (χ4n) is 1.64. The lowest BCUT2D eigenvalue weighted by Gasteiger charge is -2.06. The van der Waals surface area contributed by atoms with Crippen molar-refractivity contribution in [3.05, 3.63) is 23.5 Å². The van der Waals surface area contributed by atoms with Gasteiger partial charge < -0.3 is 5.32 Å². The summed E-state index contributed by atoms with van der Waals surface area (Å²) in [4.78, 5) is 15.2. The first-order valence-corrected chi connectivity index (χ1v) is 4.91. The minimum Gasteiger partial charge on any atom is -0.325 e. The molecule has 0 atom stereocenters. The highest BCUT2D eigenvalue weighted by Gasteiger charge is 2.26. The third-order valence-corrected chi connectivity index (χ3v) is 2.40. The van der Waals surface area contributed by atoms with E-state index in [0.29, 0.717) is 5.92 Å². The van der Waals surface area contributed by atoms with Crippen molar-refractivity contribution < 1.29 is 4.79 Å². The Kier molecular flexibility index (Phi) is 2.23. The van der Waals surface area contributed by atoms with Gasteiger partial charge in [0.1, 0.15) is 0 Å². The van der Waals surface area contributed by atoms with E-state index in [0.717, 1.165) is 5.69 Å². The smallest absolute Gasteiger partial charge is 0.221 e. The van der Waals surface area contributed by atoms with Crippen molar-refractivity contribution in [1.29, 1.82) is 0 Å². The second-order valence-corrected chi connectivity index (χ2v) is 3.88. The molecule has 0 saturated heterocycles. The molecule has 3 nitrogen and oxygen atoms in total. The molecule has 1 aromatic heterocycles. The molecule has 1 aromatic rings. The predicted molar refractivity (Wildman–Crippen MR) is 55.3 cm³/mol. The van der Waals surface area contributed by atoms with Crippen LogP contribution < -0.4 is 5.32 Å². The van der Waals surface area contributed by atoms with Crippen LogP contribution in [0.3, 0.4) is 0 Å². The Bertz CT molecular complexity index is 370. The van der Waals surface area contributed by atoms with Crippen molar-refractivity contribution in [1.82, 2.24) is 4.98 Å². The van der Waals surface area contributed by atoms with Gasteiger partial charge in [0.15, 0.2) is 0 Å². The maximum atomic E-state index is 10.8. The summed E-state index contributed by atoms with van der Waals surface area (Å²) in [5.41, 5.74) is 3.16. The maximum absolute atomic E-state index is 10.8. The first kappa shape index (κ1) is 9.19. The number of nitrogens with zero attached hydrogens (tertiary/aromatic N) is 1. The van der Waals surface area contributed by atoms with Crippen LogP contribution in [-0.4, -0.2) is 10.9 Å². The van der Waals surface area contributed by atoms with Gasteiger partial charge in [-0.25, -0.2) is 0 Å². The van der Waals surface area contributed by atoms with E-state index in [1.54, 1.807) is 6.20 Å². The molecule has 0 radical (unpaired) electrons. The first-order chi connectivity index (χ1) is 6.66. The number of hydrogen-bond acceptors (Lipinski definition) is 2. The van der Waals surface area contributed by atoms with Crippen molar-refractivity contribution in [3.63, 3.8) is 0 Å². The Morgan fingerprint density at radius 1 is 1.57 bits per heavy atom. The minimum absolute atomic E-state index is 0.0506. The Morgan fingerprint density at radius 2 is 2.29 bits per heavy atom. The third-order valence-electron chi connectivity index (χ3n) is 2.40. The summed E-state index contributed by atoms with van der Waals surface area (Å²) in [6.07, 6.45) is 4.25. The SMILES string of the molecule is CC(=O)Nc1cnc(C2CC2)c(C)c1. The van der Waals surface area contributed by atoms with E-state index in [1.165, 1.54) is 31.0 Å². The molecule has 14 heavy (non-hydrogen) atoms. The van der Waals surface area contributed by atoms with Crippen molar-refractivity contribution in [2.45, 2.75) is 32.6 Å². The van der Waals surface area contributed by atoms with Crippen molar-refractivity contribution in [3.8, 4) is 0 Å². The normalized spacial score (nSPS) is 15.3. The average Bonchev–Trinajstić information content (AvgIpc) is 2.86. The lowest BCUT2D eigenvalue weighted by atomic mass is 10.1. The molecule has 3 heteroatoms. The number of anilines is 1. The van der Waals surface area contributed by atoms with Crippen LogP contribution >= 0.6 is 0 Å². The van der Waals surface area contributed by atoms with Gasteiger partial charge in [-0.05, 0) is 31.4 Å². The molecule has 74 valence electrons. The van der Waals surface area contributed by atoms with E-state index in [-0.39, 0.29) is 5.91 Å². The third kappa shape index (κ3) is 1.92. The molecule has 0 aromatic carbocycles. The fraction of sp³-hybridized carbons (Fsp3) is 0.455. The molecule has 0 bridgehead atoms. The lowest BCUT2D eigenvalue weighted by molar-refractivity contribution is -0.114. The van der Waals surface area contributed by atoms with Crippen LogP contribution in [0.15, 0.2) is 12.3 Å². The van der Waals surface area contributed by atoms with Crippen LogP contribution in [0.2, 0.25) is 0 Å². The van der Waals surface area contributed by atoms with Gasteiger partial charge in [-0.2, -0.15) is 0 Å². The number of carbonyl (C=O) groups excluding carboxylic acids is 1. The number of amides is 1. The van der Waals surface area contributed by atoms with Gasteiger partial charge in [-0.15, -0.1) is 0 Å². The molecule has 1 fully saturated rings. The van der Waals surface area contributed by atoms with Crippen LogP contribution in [0, 0.1) is 6.92 Å². The number of rotatable bonds is 2. The van der Waals surface area contributed by atoms with Gasteiger partial charge in [-0.1, -0.05) is 0 Å². The fourth-order valence-corrected chi connectivity index (χ4v) is 1.64. The predicted octanol–water partition coefficient (Wildman–Crippen LogP) is 2.23. The summed E-state index contributed by atoms with van der Waals surface area (Å²) < 4.78 is 0. The monoisotopic (exact) mass is 190 g/mol. The summed E-state index contributed by atoms with van der Waals surface area (Å²) in [7, 11) is 0. The molecule has 0 unspecified atom stereocenters. The summed E-state index contributed by atoms with van der Waals surface area (Å²) in [5.74, 6) is 0.617. The molecule has 0 aliphatic heterocycles. The van der Waals surface area contributed by atoms with Gasteiger partial charge in [0, 0.05) is 18.5 Å². The Balaban J connectivity index is 2.21. The highest BCUT2D eigenvalue weighted by atomic mass is 16.1. The molecule has 2 rings (SSSR count). The number of carbonyl (C=O) groups is 1. The van der Waals surface area contributed by atoms with Crippen LogP contribution in [0.1, 0.15) is 36.9 Å². The number of hydrogen-bond donors (Lipinski definition) is 1. The molecule has 1 heterocycles. The average molecular weight is 190 g/mol. The zero-order valence-corrected chi connectivity index (χ0v) is 8.50. The number of pyridine rings is 1. The number of aromatic nitrogens is 1. The summed E-state index contributed by atoms with van der Waals surface area (Å²) in [5, 5.41) is 2.73. The molecule has 0 spiro atoms.